The highest BCUT2D eigenvalue weighted by molar-refractivity contribution is 5.95. The smallest absolute Gasteiger partial charge is 0.326 e. The molecule has 0 radical (unpaired) electrons. The summed E-state index contributed by atoms with van der Waals surface area (Å²) < 4.78 is 0. The van der Waals surface area contributed by atoms with Gasteiger partial charge in [-0.1, -0.05) is 13.8 Å². The van der Waals surface area contributed by atoms with Crippen molar-refractivity contribution in [2.24, 2.45) is 5.92 Å². The molecule has 0 aliphatic carbocycles. The van der Waals surface area contributed by atoms with Gasteiger partial charge in [0.25, 0.3) is 0 Å². The van der Waals surface area contributed by atoms with E-state index in [-0.39, 0.29) is 30.8 Å². The summed E-state index contributed by atoms with van der Waals surface area (Å²) in [6.07, 6.45) is 0. The van der Waals surface area contributed by atoms with Crippen LogP contribution in [-0.2, 0) is 14.4 Å². The molecular formula is C9H14N2O4. The van der Waals surface area contributed by atoms with Crippen LogP contribution in [0.1, 0.15) is 13.8 Å². The highest BCUT2D eigenvalue weighted by Crippen LogP contribution is 2.12. The lowest BCUT2D eigenvalue weighted by Gasteiger charge is -2.33. The molecule has 84 valence electrons. The number of hydrogen-bond donors (Lipinski definition) is 2. The number of nitrogens with zero attached hydrogens (tertiary/aromatic N) is 1. The van der Waals surface area contributed by atoms with Crippen LogP contribution >= 0.6 is 0 Å². The Morgan fingerprint density at radius 2 is 2.07 bits per heavy atom. The van der Waals surface area contributed by atoms with Crippen LogP contribution in [0.15, 0.2) is 0 Å². The van der Waals surface area contributed by atoms with Gasteiger partial charge in [0.15, 0.2) is 0 Å². The zero-order valence-electron chi connectivity index (χ0n) is 8.69. The SMILES string of the molecule is CC(C)C(C(=O)O)N1CC(=O)NCC1=O. The van der Waals surface area contributed by atoms with Crippen molar-refractivity contribution in [2.45, 2.75) is 19.9 Å². The molecule has 1 fully saturated rings. The molecule has 1 aliphatic rings. The van der Waals surface area contributed by atoms with Gasteiger partial charge in [-0.15, -0.1) is 0 Å². The van der Waals surface area contributed by atoms with Gasteiger partial charge in [-0.2, -0.15) is 0 Å². The zero-order chi connectivity index (χ0) is 11.6. The Labute approximate surface area is 87.2 Å². The number of carbonyl (C=O) groups is 3. The highest BCUT2D eigenvalue weighted by Gasteiger charge is 2.35. The lowest BCUT2D eigenvalue weighted by atomic mass is 10.0. The van der Waals surface area contributed by atoms with Gasteiger partial charge in [0.1, 0.15) is 12.6 Å². The third-order valence-corrected chi connectivity index (χ3v) is 2.29. The van der Waals surface area contributed by atoms with Gasteiger partial charge < -0.3 is 15.3 Å². The lowest BCUT2D eigenvalue weighted by Crippen LogP contribution is -2.58. The fourth-order valence-electron chi connectivity index (χ4n) is 1.61. The molecule has 0 aromatic carbocycles. The van der Waals surface area contributed by atoms with Gasteiger partial charge in [0, 0.05) is 0 Å². The van der Waals surface area contributed by atoms with Crippen LogP contribution < -0.4 is 5.32 Å². The molecule has 0 aromatic rings. The van der Waals surface area contributed by atoms with E-state index < -0.39 is 12.0 Å². The van der Waals surface area contributed by atoms with Gasteiger partial charge in [-0.3, -0.25) is 9.59 Å². The monoisotopic (exact) mass is 214 g/mol. The van der Waals surface area contributed by atoms with Crippen molar-refractivity contribution in [1.82, 2.24) is 10.2 Å². The maximum atomic E-state index is 11.4. The van der Waals surface area contributed by atoms with E-state index >= 15 is 0 Å². The minimum atomic E-state index is -1.08. The topological polar surface area (TPSA) is 86.7 Å². The first-order valence-electron chi connectivity index (χ1n) is 4.72. The molecule has 0 aromatic heterocycles. The second kappa shape index (κ2) is 4.29. The van der Waals surface area contributed by atoms with Gasteiger partial charge in [0.05, 0.1) is 6.54 Å². The van der Waals surface area contributed by atoms with Crippen molar-refractivity contribution in [3.63, 3.8) is 0 Å². The predicted octanol–water partition coefficient (Wildman–Crippen LogP) is -0.946. The van der Waals surface area contributed by atoms with Crippen LogP contribution in [0.5, 0.6) is 0 Å². The Morgan fingerprint density at radius 3 is 2.53 bits per heavy atom. The Kier molecular flexibility index (Phi) is 3.28. The molecule has 1 unspecified atom stereocenters. The van der Waals surface area contributed by atoms with Crippen molar-refractivity contribution in [2.75, 3.05) is 13.1 Å². The van der Waals surface area contributed by atoms with E-state index in [4.69, 9.17) is 5.11 Å². The van der Waals surface area contributed by atoms with Gasteiger partial charge >= 0.3 is 5.97 Å². The van der Waals surface area contributed by atoms with E-state index in [0.29, 0.717) is 0 Å². The third-order valence-electron chi connectivity index (χ3n) is 2.29. The van der Waals surface area contributed by atoms with E-state index in [1.54, 1.807) is 13.8 Å². The average molecular weight is 214 g/mol. The van der Waals surface area contributed by atoms with Gasteiger partial charge in [-0.05, 0) is 5.92 Å². The van der Waals surface area contributed by atoms with Crippen LogP contribution in [0.2, 0.25) is 0 Å². The fourth-order valence-corrected chi connectivity index (χ4v) is 1.61. The fraction of sp³-hybridized carbons (Fsp3) is 0.667. The first-order chi connectivity index (χ1) is 6.93. The van der Waals surface area contributed by atoms with Crippen molar-refractivity contribution < 1.29 is 19.5 Å². The molecule has 1 atom stereocenters. The number of rotatable bonds is 3. The summed E-state index contributed by atoms with van der Waals surface area (Å²) >= 11 is 0. The summed E-state index contributed by atoms with van der Waals surface area (Å²) in [4.78, 5) is 34.6. The van der Waals surface area contributed by atoms with Crippen LogP contribution in [-0.4, -0.2) is 46.9 Å². The maximum Gasteiger partial charge on any atom is 0.326 e. The minimum Gasteiger partial charge on any atom is -0.480 e. The number of hydrogen-bond acceptors (Lipinski definition) is 3. The van der Waals surface area contributed by atoms with E-state index in [1.165, 1.54) is 0 Å². The molecule has 0 saturated carbocycles. The van der Waals surface area contributed by atoms with Crippen LogP contribution in [0, 0.1) is 5.92 Å². The molecule has 0 spiro atoms. The first kappa shape index (κ1) is 11.5. The molecule has 6 heteroatoms. The summed E-state index contributed by atoms with van der Waals surface area (Å²) in [5, 5.41) is 11.3. The maximum absolute atomic E-state index is 11.4. The third kappa shape index (κ3) is 2.45. The molecular weight excluding hydrogens is 200 g/mol. The number of carbonyl (C=O) groups excluding carboxylic acids is 2. The molecule has 1 saturated heterocycles. The average Bonchev–Trinajstić information content (AvgIpc) is 2.10. The van der Waals surface area contributed by atoms with Crippen molar-refractivity contribution in [3.8, 4) is 0 Å². The molecule has 2 amide bonds. The predicted molar refractivity (Wildman–Crippen MR) is 51.0 cm³/mol. The number of piperazine rings is 1. The Hall–Kier alpha value is -1.59. The molecule has 0 bridgehead atoms. The van der Waals surface area contributed by atoms with Crippen LogP contribution in [0.3, 0.4) is 0 Å². The normalized spacial score (nSPS) is 19.0. The molecule has 1 rings (SSSR count). The first-order valence-corrected chi connectivity index (χ1v) is 4.72. The van der Waals surface area contributed by atoms with Crippen molar-refractivity contribution >= 4 is 17.8 Å². The zero-order valence-corrected chi connectivity index (χ0v) is 8.69. The lowest BCUT2D eigenvalue weighted by molar-refractivity contribution is -0.155. The quantitative estimate of drug-likeness (QED) is 0.634. The largest absolute Gasteiger partial charge is 0.480 e. The molecule has 1 aliphatic heterocycles. The summed E-state index contributed by atoms with van der Waals surface area (Å²) in [5.41, 5.74) is 0. The number of carboxylic acids is 1. The summed E-state index contributed by atoms with van der Waals surface area (Å²) in [6.45, 7) is 3.13. The molecule has 15 heavy (non-hydrogen) atoms. The standard InChI is InChI=1S/C9H14N2O4/c1-5(2)8(9(14)15)11-4-6(12)10-3-7(11)13/h5,8H,3-4H2,1-2H3,(H,10,12)(H,14,15). The van der Waals surface area contributed by atoms with E-state index in [1.807, 2.05) is 0 Å². The van der Waals surface area contributed by atoms with Crippen molar-refractivity contribution in [1.29, 1.82) is 0 Å². The summed E-state index contributed by atoms with van der Waals surface area (Å²) in [7, 11) is 0. The van der Waals surface area contributed by atoms with Crippen molar-refractivity contribution in [3.05, 3.63) is 0 Å². The van der Waals surface area contributed by atoms with E-state index in [0.717, 1.165) is 4.90 Å². The van der Waals surface area contributed by atoms with Crippen LogP contribution in [0.25, 0.3) is 0 Å². The second-order valence-corrected chi connectivity index (χ2v) is 3.83. The summed E-state index contributed by atoms with van der Waals surface area (Å²) in [6, 6.07) is -0.927. The number of amides is 2. The molecule has 6 nitrogen and oxygen atoms in total. The van der Waals surface area contributed by atoms with E-state index in [9.17, 15) is 14.4 Å². The number of carboxylic acid groups (broad SMARTS) is 1. The Bertz CT molecular complexity index is 300. The number of nitrogens with one attached hydrogen (secondary N) is 1. The summed E-state index contributed by atoms with van der Waals surface area (Å²) in [5.74, 6) is -1.97. The number of aliphatic carboxylic acids is 1. The Morgan fingerprint density at radius 1 is 1.47 bits per heavy atom. The highest BCUT2D eigenvalue weighted by atomic mass is 16.4. The molecule has 1 heterocycles. The van der Waals surface area contributed by atoms with Gasteiger partial charge in [-0.25, -0.2) is 4.79 Å². The minimum absolute atomic E-state index is 0.116. The van der Waals surface area contributed by atoms with Crippen LogP contribution in [0.4, 0.5) is 0 Å². The van der Waals surface area contributed by atoms with E-state index in [2.05, 4.69) is 5.32 Å². The second-order valence-electron chi connectivity index (χ2n) is 3.83. The Balaban J connectivity index is 2.86. The molecule has 2 N–H and O–H groups in total. The van der Waals surface area contributed by atoms with Gasteiger partial charge in [0.2, 0.25) is 11.8 Å².